The van der Waals surface area contributed by atoms with Crippen molar-refractivity contribution in [2.24, 2.45) is 0 Å². The number of nitrogens with zero attached hydrogens (tertiary/aromatic N) is 1. The predicted molar refractivity (Wildman–Crippen MR) is 131 cm³/mol. The Balaban J connectivity index is 1.64. The minimum atomic E-state index is -0.461. The highest BCUT2D eigenvalue weighted by Gasteiger charge is 2.14. The van der Waals surface area contributed by atoms with Crippen LogP contribution in [0.2, 0.25) is 5.02 Å². The first kappa shape index (κ1) is 22.4. The van der Waals surface area contributed by atoms with Crippen molar-refractivity contribution in [3.05, 3.63) is 106 Å². The van der Waals surface area contributed by atoms with E-state index >= 15 is 0 Å². The average molecular weight is 458 g/mol. The largest absolute Gasteiger partial charge is 0.490 e. The minimum Gasteiger partial charge on any atom is -0.490 e. The van der Waals surface area contributed by atoms with Gasteiger partial charge in [0.2, 0.25) is 0 Å². The fourth-order valence-electron chi connectivity index (χ4n) is 3.57. The lowest BCUT2D eigenvalue weighted by Gasteiger charge is -2.15. The molecule has 0 spiro atoms. The number of rotatable bonds is 7. The van der Waals surface area contributed by atoms with Gasteiger partial charge in [0.1, 0.15) is 12.4 Å². The number of hydrogen-bond acceptors (Lipinski definition) is 3. The van der Waals surface area contributed by atoms with Crippen molar-refractivity contribution in [1.82, 2.24) is 0 Å². The molecule has 0 saturated heterocycles. The molecule has 0 aromatic heterocycles. The molecule has 0 bridgehead atoms. The zero-order valence-electron chi connectivity index (χ0n) is 18.0. The Morgan fingerprint density at radius 1 is 0.970 bits per heavy atom. The van der Waals surface area contributed by atoms with E-state index in [0.29, 0.717) is 35.3 Å². The molecule has 0 saturated carbocycles. The standard InChI is InChI=1S/C28H21ClFNO2/c1-2-32-27-16-20(14-23(17-31)24-9-5-6-10-26(24)30)15-25(29)28(27)33-18-19-11-12-21-7-3-4-8-22(21)13-19/h3-16H,2,18H2,1H3/b23-14-. The number of nitriles is 1. The summed E-state index contributed by atoms with van der Waals surface area (Å²) in [6.07, 6.45) is 1.58. The van der Waals surface area contributed by atoms with Gasteiger partial charge < -0.3 is 9.47 Å². The first-order chi connectivity index (χ1) is 16.1. The van der Waals surface area contributed by atoms with Crippen LogP contribution in [0.4, 0.5) is 4.39 Å². The molecule has 164 valence electrons. The van der Waals surface area contributed by atoms with E-state index in [0.717, 1.165) is 16.3 Å². The van der Waals surface area contributed by atoms with E-state index in [1.165, 1.54) is 6.07 Å². The number of allylic oxidation sites excluding steroid dienone is 1. The molecular weight excluding hydrogens is 437 g/mol. The van der Waals surface area contributed by atoms with Crippen molar-refractivity contribution in [2.45, 2.75) is 13.5 Å². The average Bonchev–Trinajstić information content (AvgIpc) is 2.82. The van der Waals surface area contributed by atoms with Gasteiger partial charge in [0.25, 0.3) is 0 Å². The number of hydrogen-bond donors (Lipinski definition) is 0. The van der Waals surface area contributed by atoms with Crippen molar-refractivity contribution in [3.63, 3.8) is 0 Å². The molecule has 3 nitrogen and oxygen atoms in total. The van der Waals surface area contributed by atoms with E-state index in [2.05, 4.69) is 30.3 Å². The fraction of sp³-hybridized carbons (Fsp3) is 0.107. The van der Waals surface area contributed by atoms with E-state index in [-0.39, 0.29) is 11.1 Å². The second-order valence-electron chi connectivity index (χ2n) is 7.38. The molecule has 4 rings (SSSR count). The Hall–Kier alpha value is -3.81. The van der Waals surface area contributed by atoms with E-state index in [4.69, 9.17) is 21.1 Å². The summed E-state index contributed by atoms with van der Waals surface area (Å²) in [4.78, 5) is 0. The van der Waals surface area contributed by atoms with Gasteiger partial charge in [-0.1, -0.05) is 66.2 Å². The monoisotopic (exact) mass is 457 g/mol. The molecular formula is C28H21ClFNO2. The second-order valence-corrected chi connectivity index (χ2v) is 7.79. The summed E-state index contributed by atoms with van der Waals surface area (Å²) >= 11 is 6.54. The van der Waals surface area contributed by atoms with Crippen LogP contribution in [0.5, 0.6) is 11.5 Å². The number of halogens is 2. The van der Waals surface area contributed by atoms with Crippen LogP contribution in [0.3, 0.4) is 0 Å². The van der Waals surface area contributed by atoms with Gasteiger partial charge in [-0.25, -0.2) is 4.39 Å². The summed E-state index contributed by atoms with van der Waals surface area (Å²) in [5, 5.41) is 12.2. The van der Waals surface area contributed by atoms with Gasteiger partial charge in [0.15, 0.2) is 11.5 Å². The molecule has 0 unspecified atom stereocenters. The van der Waals surface area contributed by atoms with Crippen molar-refractivity contribution in [2.75, 3.05) is 6.61 Å². The van der Waals surface area contributed by atoms with Gasteiger partial charge in [-0.3, -0.25) is 0 Å². The Bertz CT molecular complexity index is 1370. The van der Waals surface area contributed by atoms with Gasteiger partial charge in [-0.15, -0.1) is 0 Å². The highest BCUT2D eigenvalue weighted by molar-refractivity contribution is 6.32. The SMILES string of the molecule is CCOc1cc(/C=C(/C#N)c2ccccc2F)cc(Cl)c1OCc1ccc2ccccc2c1. The topological polar surface area (TPSA) is 42.2 Å². The number of benzene rings is 4. The fourth-order valence-corrected chi connectivity index (χ4v) is 3.85. The maximum Gasteiger partial charge on any atom is 0.180 e. The Labute approximate surface area is 197 Å². The lowest BCUT2D eigenvalue weighted by Crippen LogP contribution is -2.01. The first-order valence-corrected chi connectivity index (χ1v) is 10.9. The third-order valence-electron chi connectivity index (χ3n) is 5.12. The zero-order valence-corrected chi connectivity index (χ0v) is 18.8. The molecule has 0 N–H and O–H groups in total. The van der Waals surface area contributed by atoms with Gasteiger partial charge in [-0.05, 0) is 59.2 Å². The maximum absolute atomic E-state index is 14.2. The zero-order chi connectivity index (χ0) is 23.2. The summed E-state index contributed by atoms with van der Waals surface area (Å²) in [7, 11) is 0. The molecule has 0 atom stereocenters. The molecule has 0 radical (unpaired) electrons. The van der Waals surface area contributed by atoms with Crippen LogP contribution in [0, 0.1) is 17.1 Å². The third kappa shape index (κ3) is 5.16. The van der Waals surface area contributed by atoms with Gasteiger partial charge >= 0.3 is 0 Å². The molecule has 4 aromatic carbocycles. The van der Waals surface area contributed by atoms with Crippen molar-refractivity contribution < 1.29 is 13.9 Å². The van der Waals surface area contributed by atoms with Crippen molar-refractivity contribution in [1.29, 1.82) is 5.26 Å². The van der Waals surface area contributed by atoms with E-state index < -0.39 is 5.82 Å². The summed E-state index contributed by atoms with van der Waals surface area (Å²) in [5.41, 5.74) is 2.03. The summed E-state index contributed by atoms with van der Waals surface area (Å²) in [5.74, 6) is 0.424. The van der Waals surface area contributed by atoms with Crippen LogP contribution >= 0.6 is 11.6 Å². The van der Waals surface area contributed by atoms with Crippen LogP contribution in [0.15, 0.2) is 78.9 Å². The van der Waals surface area contributed by atoms with Gasteiger partial charge in [-0.2, -0.15) is 5.26 Å². The second kappa shape index (κ2) is 10.2. The van der Waals surface area contributed by atoms with Gasteiger partial charge in [0.05, 0.1) is 23.3 Å². The predicted octanol–water partition coefficient (Wildman–Crippen LogP) is 7.67. The molecule has 0 fully saturated rings. The van der Waals surface area contributed by atoms with E-state index in [1.54, 1.807) is 36.4 Å². The molecule has 0 aliphatic rings. The van der Waals surface area contributed by atoms with E-state index in [1.807, 2.05) is 25.1 Å². The summed E-state index contributed by atoms with van der Waals surface area (Å²) < 4.78 is 26.0. The summed E-state index contributed by atoms with van der Waals surface area (Å²) in [6, 6.07) is 25.9. The highest BCUT2D eigenvalue weighted by Crippen LogP contribution is 2.38. The Morgan fingerprint density at radius 2 is 1.73 bits per heavy atom. The van der Waals surface area contributed by atoms with Crippen LogP contribution in [-0.2, 0) is 6.61 Å². The Kier molecular flexibility index (Phi) is 6.92. The quantitative estimate of drug-likeness (QED) is 0.211. The Morgan fingerprint density at radius 3 is 2.48 bits per heavy atom. The lowest BCUT2D eigenvalue weighted by atomic mass is 10.0. The number of ether oxygens (including phenoxy) is 2. The molecule has 0 amide bonds. The van der Waals surface area contributed by atoms with Crippen LogP contribution in [-0.4, -0.2) is 6.61 Å². The lowest BCUT2D eigenvalue weighted by molar-refractivity contribution is 0.269. The highest BCUT2D eigenvalue weighted by atomic mass is 35.5. The maximum atomic E-state index is 14.2. The molecule has 0 heterocycles. The molecule has 0 aliphatic carbocycles. The first-order valence-electron chi connectivity index (χ1n) is 10.5. The normalized spacial score (nSPS) is 11.3. The summed E-state index contributed by atoms with van der Waals surface area (Å²) in [6.45, 7) is 2.59. The smallest absolute Gasteiger partial charge is 0.180 e. The van der Waals surface area contributed by atoms with Crippen LogP contribution < -0.4 is 9.47 Å². The molecule has 0 aliphatic heterocycles. The van der Waals surface area contributed by atoms with E-state index in [9.17, 15) is 9.65 Å². The molecule has 4 aromatic rings. The van der Waals surface area contributed by atoms with Crippen molar-refractivity contribution >= 4 is 34.0 Å². The minimum absolute atomic E-state index is 0.191. The third-order valence-corrected chi connectivity index (χ3v) is 5.40. The molecule has 33 heavy (non-hydrogen) atoms. The van der Waals surface area contributed by atoms with Crippen LogP contribution in [0.25, 0.3) is 22.4 Å². The molecule has 5 heteroatoms. The van der Waals surface area contributed by atoms with Gasteiger partial charge in [0, 0.05) is 5.56 Å². The van der Waals surface area contributed by atoms with Crippen molar-refractivity contribution in [3.8, 4) is 17.6 Å². The van der Waals surface area contributed by atoms with Crippen LogP contribution in [0.1, 0.15) is 23.6 Å². The number of fused-ring (bicyclic) bond motifs is 1.